The highest BCUT2D eigenvalue weighted by atomic mass is 14.9. The molecule has 0 saturated heterocycles. The van der Waals surface area contributed by atoms with Gasteiger partial charge >= 0.3 is 0 Å². The fraction of sp³-hybridized carbons (Fsp3) is 0.500. The smallest absolute Gasteiger partial charge is 0.0512 e. The van der Waals surface area contributed by atoms with Gasteiger partial charge in [-0.05, 0) is 42.2 Å². The van der Waals surface area contributed by atoms with Crippen LogP contribution in [0.4, 0.5) is 0 Å². The molecule has 0 spiro atoms. The van der Waals surface area contributed by atoms with Crippen molar-refractivity contribution < 1.29 is 0 Å². The highest BCUT2D eigenvalue weighted by Gasteiger charge is 2.05. The van der Waals surface area contributed by atoms with Gasteiger partial charge in [0.2, 0.25) is 0 Å². The molecule has 0 fully saturated rings. The number of benzene rings is 1. The summed E-state index contributed by atoms with van der Waals surface area (Å²) in [6.45, 7) is 7.98. The lowest BCUT2D eigenvalue weighted by molar-refractivity contribution is 0.517. The minimum absolute atomic E-state index is 0.808. The number of fused-ring (bicyclic) bond motifs is 1. The zero-order valence-electron chi connectivity index (χ0n) is 11.2. The van der Waals surface area contributed by atoms with Crippen LogP contribution in [-0.4, -0.2) is 4.57 Å². The fourth-order valence-electron chi connectivity index (χ4n) is 2.48. The molecule has 0 atom stereocenters. The SMILES string of the molecule is CCc1cccc2ccn(CCCC(C)C)c12. The van der Waals surface area contributed by atoms with Crippen molar-refractivity contribution in [1.82, 2.24) is 4.57 Å². The zero-order chi connectivity index (χ0) is 12.3. The number of hydrogen-bond donors (Lipinski definition) is 0. The van der Waals surface area contributed by atoms with Crippen LogP contribution in [-0.2, 0) is 13.0 Å². The van der Waals surface area contributed by atoms with Crippen LogP contribution in [0.15, 0.2) is 30.5 Å². The highest BCUT2D eigenvalue weighted by molar-refractivity contribution is 5.83. The van der Waals surface area contributed by atoms with E-state index in [1.54, 1.807) is 0 Å². The summed E-state index contributed by atoms with van der Waals surface area (Å²) < 4.78 is 2.43. The number of para-hydroxylation sites is 1. The van der Waals surface area contributed by atoms with Crippen molar-refractivity contribution in [3.05, 3.63) is 36.0 Å². The lowest BCUT2D eigenvalue weighted by Gasteiger charge is -2.10. The van der Waals surface area contributed by atoms with Gasteiger partial charge in [-0.25, -0.2) is 0 Å². The summed E-state index contributed by atoms with van der Waals surface area (Å²) in [7, 11) is 0. The third-order valence-electron chi connectivity index (χ3n) is 3.43. The number of hydrogen-bond acceptors (Lipinski definition) is 0. The maximum absolute atomic E-state index is 2.43. The molecule has 1 nitrogen and oxygen atoms in total. The topological polar surface area (TPSA) is 4.93 Å². The summed E-state index contributed by atoms with van der Waals surface area (Å²) in [5, 5.41) is 1.38. The summed E-state index contributed by atoms with van der Waals surface area (Å²) in [4.78, 5) is 0. The molecular formula is C16H23N. The first-order valence-electron chi connectivity index (χ1n) is 6.79. The Kier molecular flexibility index (Phi) is 3.88. The monoisotopic (exact) mass is 229 g/mol. The van der Waals surface area contributed by atoms with Gasteiger partial charge in [0.15, 0.2) is 0 Å². The molecule has 0 aliphatic heterocycles. The molecule has 1 aromatic carbocycles. The summed E-state index contributed by atoms with van der Waals surface area (Å²) >= 11 is 0. The predicted molar refractivity (Wildman–Crippen MR) is 75.4 cm³/mol. The summed E-state index contributed by atoms with van der Waals surface area (Å²) in [5.74, 6) is 0.808. The Bertz CT molecular complexity index is 479. The van der Waals surface area contributed by atoms with Crippen LogP contribution in [0.25, 0.3) is 10.9 Å². The van der Waals surface area contributed by atoms with E-state index in [4.69, 9.17) is 0 Å². The molecule has 0 radical (unpaired) electrons. The number of aromatic nitrogens is 1. The molecule has 0 unspecified atom stereocenters. The summed E-state index contributed by atoms with van der Waals surface area (Å²) in [6.07, 6.45) is 5.95. The van der Waals surface area contributed by atoms with Crippen molar-refractivity contribution in [1.29, 1.82) is 0 Å². The standard InChI is InChI=1S/C16H23N/c1-4-14-8-5-9-15-10-12-17(16(14)15)11-6-7-13(2)3/h5,8-10,12-13H,4,6-7,11H2,1-3H3. The van der Waals surface area contributed by atoms with Crippen molar-refractivity contribution in [3.8, 4) is 0 Å². The van der Waals surface area contributed by atoms with Gasteiger partial charge in [0.25, 0.3) is 0 Å². The van der Waals surface area contributed by atoms with Crippen LogP contribution in [0.1, 0.15) is 39.2 Å². The van der Waals surface area contributed by atoms with Crippen molar-refractivity contribution in [3.63, 3.8) is 0 Å². The van der Waals surface area contributed by atoms with Crippen molar-refractivity contribution >= 4 is 10.9 Å². The second-order valence-corrected chi connectivity index (χ2v) is 5.25. The molecule has 0 saturated carbocycles. The molecular weight excluding hydrogens is 206 g/mol. The average molecular weight is 229 g/mol. The molecule has 2 rings (SSSR count). The largest absolute Gasteiger partial charge is 0.347 e. The van der Waals surface area contributed by atoms with Gasteiger partial charge in [0, 0.05) is 12.7 Å². The van der Waals surface area contributed by atoms with E-state index in [-0.39, 0.29) is 0 Å². The van der Waals surface area contributed by atoms with E-state index < -0.39 is 0 Å². The van der Waals surface area contributed by atoms with Gasteiger partial charge in [-0.2, -0.15) is 0 Å². The Labute approximate surface area is 104 Å². The molecule has 1 aromatic heterocycles. The molecule has 2 aromatic rings. The van der Waals surface area contributed by atoms with Crippen LogP contribution in [0.5, 0.6) is 0 Å². The number of rotatable bonds is 5. The molecule has 17 heavy (non-hydrogen) atoms. The first-order valence-corrected chi connectivity index (χ1v) is 6.79. The molecule has 0 N–H and O–H groups in total. The Morgan fingerprint density at radius 3 is 2.71 bits per heavy atom. The summed E-state index contributed by atoms with van der Waals surface area (Å²) in [5.41, 5.74) is 2.91. The van der Waals surface area contributed by atoms with Gasteiger partial charge in [-0.3, -0.25) is 0 Å². The van der Waals surface area contributed by atoms with E-state index in [0.717, 1.165) is 18.9 Å². The van der Waals surface area contributed by atoms with Crippen molar-refractivity contribution in [2.24, 2.45) is 5.92 Å². The molecule has 0 bridgehead atoms. The van der Waals surface area contributed by atoms with Crippen molar-refractivity contribution in [2.45, 2.75) is 46.6 Å². The van der Waals surface area contributed by atoms with Crippen LogP contribution in [0.3, 0.4) is 0 Å². The Morgan fingerprint density at radius 2 is 2.00 bits per heavy atom. The second kappa shape index (κ2) is 5.39. The molecule has 1 heteroatoms. The number of nitrogens with zero attached hydrogens (tertiary/aromatic N) is 1. The van der Waals surface area contributed by atoms with Gasteiger partial charge in [-0.1, -0.05) is 39.0 Å². The molecule has 1 heterocycles. The minimum atomic E-state index is 0.808. The quantitative estimate of drug-likeness (QED) is 0.704. The van der Waals surface area contributed by atoms with E-state index >= 15 is 0 Å². The molecule has 0 amide bonds. The average Bonchev–Trinajstić information content (AvgIpc) is 2.72. The molecule has 0 aliphatic rings. The van der Waals surface area contributed by atoms with Crippen LogP contribution < -0.4 is 0 Å². The normalized spacial score (nSPS) is 11.5. The van der Waals surface area contributed by atoms with E-state index in [1.165, 1.54) is 29.3 Å². The first-order chi connectivity index (χ1) is 8.22. The van der Waals surface area contributed by atoms with E-state index in [1.807, 2.05) is 0 Å². The highest BCUT2D eigenvalue weighted by Crippen LogP contribution is 2.21. The minimum Gasteiger partial charge on any atom is -0.347 e. The second-order valence-electron chi connectivity index (χ2n) is 5.25. The predicted octanol–water partition coefficient (Wildman–Crippen LogP) is 4.64. The van der Waals surface area contributed by atoms with E-state index in [2.05, 4.69) is 55.8 Å². The molecule has 0 aliphatic carbocycles. The fourth-order valence-corrected chi connectivity index (χ4v) is 2.48. The maximum atomic E-state index is 2.43. The van der Waals surface area contributed by atoms with Crippen molar-refractivity contribution in [2.75, 3.05) is 0 Å². The third-order valence-corrected chi connectivity index (χ3v) is 3.43. The molecule has 92 valence electrons. The maximum Gasteiger partial charge on any atom is 0.0512 e. The summed E-state index contributed by atoms with van der Waals surface area (Å²) in [6, 6.07) is 8.87. The Morgan fingerprint density at radius 1 is 1.18 bits per heavy atom. The third kappa shape index (κ3) is 2.71. The van der Waals surface area contributed by atoms with Crippen LogP contribution >= 0.6 is 0 Å². The van der Waals surface area contributed by atoms with Crippen LogP contribution in [0, 0.1) is 5.92 Å². The van der Waals surface area contributed by atoms with Gasteiger partial charge in [-0.15, -0.1) is 0 Å². The van der Waals surface area contributed by atoms with Crippen LogP contribution in [0.2, 0.25) is 0 Å². The lowest BCUT2D eigenvalue weighted by atomic mass is 10.1. The van der Waals surface area contributed by atoms with Gasteiger partial charge in [0.1, 0.15) is 0 Å². The van der Waals surface area contributed by atoms with E-state index in [0.29, 0.717) is 0 Å². The van der Waals surface area contributed by atoms with Gasteiger partial charge < -0.3 is 4.57 Å². The number of aryl methyl sites for hydroxylation is 2. The Balaban J connectivity index is 2.22. The Hall–Kier alpha value is -1.24. The lowest BCUT2D eigenvalue weighted by Crippen LogP contribution is -2.00. The van der Waals surface area contributed by atoms with Gasteiger partial charge in [0.05, 0.1) is 5.52 Å². The first kappa shape index (κ1) is 12.2. The van der Waals surface area contributed by atoms with E-state index in [9.17, 15) is 0 Å². The zero-order valence-corrected chi connectivity index (χ0v) is 11.2.